The van der Waals surface area contributed by atoms with E-state index >= 15 is 0 Å². The first-order valence-electron chi connectivity index (χ1n) is 7.76. The van der Waals surface area contributed by atoms with Crippen LogP contribution in [0.15, 0.2) is 78.9 Å². The van der Waals surface area contributed by atoms with Crippen LogP contribution in [0.4, 0.5) is 0 Å². The number of hydrogen-bond acceptors (Lipinski definition) is 3. The van der Waals surface area contributed by atoms with Crippen LogP contribution in [0.1, 0.15) is 20.7 Å². The Kier molecular flexibility index (Phi) is 5.26. The molecular formula is C21H15ClO3. The van der Waals surface area contributed by atoms with Gasteiger partial charge in [-0.25, -0.2) is 4.79 Å². The van der Waals surface area contributed by atoms with Crippen molar-refractivity contribution in [2.75, 3.05) is 6.61 Å². The second-order valence-corrected chi connectivity index (χ2v) is 5.80. The van der Waals surface area contributed by atoms with Gasteiger partial charge in [-0.3, -0.25) is 4.79 Å². The van der Waals surface area contributed by atoms with Gasteiger partial charge in [0, 0.05) is 5.56 Å². The van der Waals surface area contributed by atoms with Crippen molar-refractivity contribution >= 4 is 23.4 Å². The van der Waals surface area contributed by atoms with Crippen LogP contribution < -0.4 is 0 Å². The average molecular weight is 351 g/mol. The van der Waals surface area contributed by atoms with Crippen molar-refractivity contribution in [1.82, 2.24) is 0 Å². The molecule has 0 radical (unpaired) electrons. The van der Waals surface area contributed by atoms with Crippen LogP contribution in [0.25, 0.3) is 11.1 Å². The molecule has 0 heterocycles. The normalized spacial score (nSPS) is 10.3. The summed E-state index contributed by atoms with van der Waals surface area (Å²) in [7, 11) is 0. The van der Waals surface area contributed by atoms with E-state index in [0.717, 1.165) is 11.1 Å². The van der Waals surface area contributed by atoms with E-state index in [1.807, 2.05) is 42.5 Å². The molecule has 0 aliphatic rings. The van der Waals surface area contributed by atoms with Gasteiger partial charge >= 0.3 is 5.97 Å². The maximum Gasteiger partial charge on any atom is 0.339 e. The summed E-state index contributed by atoms with van der Waals surface area (Å²) in [5.41, 5.74) is 2.43. The van der Waals surface area contributed by atoms with E-state index in [4.69, 9.17) is 16.3 Å². The zero-order chi connectivity index (χ0) is 17.6. The van der Waals surface area contributed by atoms with Crippen LogP contribution in [0.3, 0.4) is 0 Å². The van der Waals surface area contributed by atoms with Crippen LogP contribution in [-0.4, -0.2) is 18.4 Å². The first-order chi connectivity index (χ1) is 12.2. The maximum atomic E-state index is 12.5. The summed E-state index contributed by atoms with van der Waals surface area (Å²) in [6, 6.07) is 23.4. The second-order valence-electron chi connectivity index (χ2n) is 5.39. The fourth-order valence-electron chi connectivity index (χ4n) is 2.50. The molecule has 3 nitrogen and oxygen atoms in total. The van der Waals surface area contributed by atoms with Crippen molar-refractivity contribution in [1.29, 1.82) is 0 Å². The lowest BCUT2D eigenvalue weighted by atomic mass is 10.00. The number of ketones is 1. The Hall–Kier alpha value is -2.91. The van der Waals surface area contributed by atoms with Crippen LogP contribution >= 0.6 is 11.6 Å². The Morgan fingerprint density at radius 2 is 1.36 bits per heavy atom. The number of hydrogen-bond donors (Lipinski definition) is 0. The van der Waals surface area contributed by atoms with Crippen molar-refractivity contribution < 1.29 is 14.3 Å². The minimum Gasteiger partial charge on any atom is -0.454 e. The maximum absolute atomic E-state index is 12.5. The second kappa shape index (κ2) is 7.77. The minimum atomic E-state index is -0.542. The Balaban J connectivity index is 1.77. The van der Waals surface area contributed by atoms with Gasteiger partial charge in [0.25, 0.3) is 0 Å². The fourth-order valence-corrected chi connectivity index (χ4v) is 2.75. The Labute approximate surface area is 150 Å². The summed E-state index contributed by atoms with van der Waals surface area (Å²) < 4.78 is 5.21. The van der Waals surface area contributed by atoms with Crippen molar-refractivity contribution in [2.45, 2.75) is 0 Å². The molecule has 0 saturated heterocycles. The molecule has 0 unspecified atom stereocenters. The Bertz CT molecular complexity index is 904. The van der Waals surface area contributed by atoms with Gasteiger partial charge in [-0.05, 0) is 29.3 Å². The summed E-state index contributed by atoms with van der Waals surface area (Å²) in [5.74, 6) is -0.879. The quantitative estimate of drug-likeness (QED) is 0.478. The monoisotopic (exact) mass is 350 g/mol. The molecule has 25 heavy (non-hydrogen) atoms. The zero-order valence-electron chi connectivity index (χ0n) is 13.3. The largest absolute Gasteiger partial charge is 0.454 e. The van der Waals surface area contributed by atoms with E-state index in [-0.39, 0.29) is 12.4 Å². The Morgan fingerprint density at radius 3 is 2.08 bits per heavy atom. The highest BCUT2D eigenvalue weighted by Gasteiger charge is 2.16. The SMILES string of the molecule is O=C(COC(=O)c1ccccc1-c1ccccc1)c1ccccc1Cl. The molecule has 124 valence electrons. The van der Waals surface area contributed by atoms with Crippen molar-refractivity contribution in [3.05, 3.63) is 95.0 Å². The number of Topliss-reactive ketones (excluding diaryl/α,β-unsaturated/α-hetero) is 1. The molecule has 0 N–H and O–H groups in total. The first-order valence-corrected chi connectivity index (χ1v) is 8.14. The van der Waals surface area contributed by atoms with E-state index in [9.17, 15) is 9.59 Å². The van der Waals surface area contributed by atoms with Gasteiger partial charge in [0.2, 0.25) is 5.78 Å². The van der Waals surface area contributed by atoms with Crippen LogP contribution in [0.2, 0.25) is 5.02 Å². The average Bonchev–Trinajstić information content (AvgIpc) is 2.67. The molecule has 3 aromatic rings. The van der Waals surface area contributed by atoms with Gasteiger partial charge in [0.15, 0.2) is 6.61 Å². The summed E-state index contributed by atoms with van der Waals surface area (Å²) >= 11 is 6.00. The molecule has 0 bridgehead atoms. The number of carbonyl (C=O) groups excluding carboxylic acids is 2. The predicted molar refractivity (Wildman–Crippen MR) is 97.9 cm³/mol. The highest BCUT2D eigenvalue weighted by atomic mass is 35.5. The van der Waals surface area contributed by atoms with Gasteiger partial charge in [0.05, 0.1) is 10.6 Å². The lowest BCUT2D eigenvalue weighted by Crippen LogP contribution is -2.15. The lowest BCUT2D eigenvalue weighted by Gasteiger charge is -2.10. The molecule has 3 rings (SSSR count). The molecule has 0 aromatic heterocycles. The van der Waals surface area contributed by atoms with Gasteiger partial charge in [-0.2, -0.15) is 0 Å². The highest BCUT2D eigenvalue weighted by Crippen LogP contribution is 2.24. The lowest BCUT2D eigenvalue weighted by molar-refractivity contribution is 0.0475. The molecule has 0 atom stereocenters. The van der Waals surface area contributed by atoms with Gasteiger partial charge in [0.1, 0.15) is 0 Å². The minimum absolute atomic E-state index is 0.337. The van der Waals surface area contributed by atoms with Crippen LogP contribution in [0, 0.1) is 0 Å². The number of halogens is 1. The van der Waals surface area contributed by atoms with E-state index in [1.165, 1.54) is 0 Å². The molecule has 3 aromatic carbocycles. The number of benzene rings is 3. The molecular weight excluding hydrogens is 336 g/mol. The third kappa shape index (κ3) is 3.95. The highest BCUT2D eigenvalue weighted by molar-refractivity contribution is 6.34. The van der Waals surface area contributed by atoms with E-state index in [2.05, 4.69) is 0 Å². The van der Waals surface area contributed by atoms with Gasteiger partial charge < -0.3 is 4.74 Å². The Morgan fingerprint density at radius 1 is 0.760 bits per heavy atom. The van der Waals surface area contributed by atoms with E-state index in [0.29, 0.717) is 16.1 Å². The molecule has 0 spiro atoms. The van der Waals surface area contributed by atoms with E-state index in [1.54, 1.807) is 36.4 Å². The number of rotatable bonds is 5. The third-order valence-corrected chi connectivity index (χ3v) is 4.07. The molecule has 0 saturated carbocycles. The number of ether oxygens (including phenoxy) is 1. The number of carbonyl (C=O) groups is 2. The predicted octanol–water partition coefficient (Wildman–Crippen LogP) is 5.05. The molecule has 0 aliphatic heterocycles. The van der Waals surface area contributed by atoms with Crippen molar-refractivity contribution in [3.63, 3.8) is 0 Å². The smallest absolute Gasteiger partial charge is 0.339 e. The van der Waals surface area contributed by atoms with Crippen molar-refractivity contribution in [2.24, 2.45) is 0 Å². The summed E-state index contributed by atoms with van der Waals surface area (Å²) in [6.07, 6.45) is 0. The van der Waals surface area contributed by atoms with Crippen molar-refractivity contribution in [3.8, 4) is 11.1 Å². The van der Waals surface area contributed by atoms with Gasteiger partial charge in [-0.1, -0.05) is 72.3 Å². The summed E-state index contributed by atoms with van der Waals surface area (Å²) in [5, 5.41) is 0.341. The van der Waals surface area contributed by atoms with Crippen LogP contribution in [-0.2, 0) is 4.74 Å². The number of esters is 1. The fraction of sp³-hybridized carbons (Fsp3) is 0.0476. The standard InChI is InChI=1S/C21H15ClO3/c22-19-13-7-6-12-18(19)20(23)14-25-21(24)17-11-5-4-10-16(17)15-8-2-1-3-9-15/h1-13H,14H2. The summed E-state index contributed by atoms with van der Waals surface area (Å²) in [6.45, 7) is -0.355. The van der Waals surface area contributed by atoms with Gasteiger partial charge in [-0.15, -0.1) is 0 Å². The third-order valence-electron chi connectivity index (χ3n) is 3.74. The molecule has 0 fully saturated rings. The zero-order valence-corrected chi connectivity index (χ0v) is 14.1. The topological polar surface area (TPSA) is 43.4 Å². The van der Waals surface area contributed by atoms with Crippen LogP contribution in [0.5, 0.6) is 0 Å². The van der Waals surface area contributed by atoms with E-state index < -0.39 is 5.97 Å². The molecule has 4 heteroatoms. The first kappa shape index (κ1) is 16.9. The molecule has 0 aliphatic carbocycles. The molecule has 0 amide bonds. The summed E-state index contributed by atoms with van der Waals surface area (Å²) in [4.78, 5) is 24.6.